The Balaban J connectivity index is 1.59. The van der Waals surface area contributed by atoms with E-state index in [4.69, 9.17) is 0 Å². The van der Waals surface area contributed by atoms with Gasteiger partial charge in [-0.25, -0.2) is 15.0 Å². The maximum atomic E-state index is 12.5. The maximum Gasteiger partial charge on any atom is 0.225 e. The lowest BCUT2D eigenvalue weighted by Crippen LogP contribution is -2.34. The fraction of sp³-hybridized carbons (Fsp3) is 0.412. The first-order valence-electron chi connectivity index (χ1n) is 7.85. The third-order valence-electron chi connectivity index (χ3n) is 4.20. The Hall–Kier alpha value is -2.50. The summed E-state index contributed by atoms with van der Waals surface area (Å²) in [5, 5.41) is 2.99. The number of aryl methyl sites for hydroxylation is 1. The largest absolute Gasteiger partial charge is 0.356 e. The van der Waals surface area contributed by atoms with Crippen LogP contribution in [0.2, 0.25) is 0 Å². The van der Waals surface area contributed by atoms with E-state index >= 15 is 0 Å². The van der Waals surface area contributed by atoms with Gasteiger partial charge in [0, 0.05) is 25.5 Å². The van der Waals surface area contributed by atoms with Crippen molar-refractivity contribution in [3.8, 4) is 0 Å². The van der Waals surface area contributed by atoms with Crippen LogP contribution in [0.15, 0.2) is 36.7 Å². The summed E-state index contributed by atoms with van der Waals surface area (Å²) in [5.41, 5.74) is 0.832. The first-order valence-corrected chi connectivity index (χ1v) is 7.85. The molecule has 1 aliphatic rings. The van der Waals surface area contributed by atoms with Crippen molar-refractivity contribution in [2.75, 3.05) is 18.0 Å². The van der Waals surface area contributed by atoms with Gasteiger partial charge in [-0.15, -0.1) is 0 Å². The molecular formula is C17H21N5O. The molecule has 6 heteroatoms. The predicted molar refractivity (Wildman–Crippen MR) is 87.7 cm³/mol. The second-order valence-corrected chi connectivity index (χ2v) is 5.99. The molecule has 0 aliphatic carbocycles. The smallest absolute Gasteiger partial charge is 0.225 e. The van der Waals surface area contributed by atoms with Gasteiger partial charge in [0.2, 0.25) is 5.91 Å². The molecule has 0 spiro atoms. The van der Waals surface area contributed by atoms with Crippen LogP contribution in [-0.4, -0.2) is 33.9 Å². The van der Waals surface area contributed by atoms with Crippen molar-refractivity contribution < 1.29 is 4.79 Å². The van der Waals surface area contributed by atoms with Crippen LogP contribution in [0.25, 0.3) is 0 Å². The first-order chi connectivity index (χ1) is 11.1. The van der Waals surface area contributed by atoms with E-state index in [2.05, 4.69) is 32.1 Å². The van der Waals surface area contributed by atoms with Crippen LogP contribution in [0.3, 0.4) is 0 Å². The molecule has 1 N–H and O–H groups in total. The van der Waals surface area contributed by atoms with E-state index in [1.54, 1.807) is 12.4 Å². The van der Waals surface area contributed by atoms with E-state index in [-0.39, 0.29) is 11.8 Å². The molecule has 3 heterocycles. The molecule has 0 bridgehead atoms. The number of anilines is 1. The highest BCUT2D eigenvalue weighted by atomic mass is 16.1. The Bertz CT molecular complexity index is 676. The molecule has 2 atom stereocenters. The fourth-order valence-electron chi connectivity index (χ4n) is 2.95. The van der Waals surface area contributed by atoms with Gasteiger partial charge in [-0.3, -0.25) is 4.79 Å². The van der Waals surface area contributed by atoms with Crippen LogP contribution in [0.4, 0.5) is 5.82 Å². The van der Waals surface area contributed by atoms with Crippen molar-refractivity contribution in [2.45, 2.75) is 20.4 Å². The normalized spacial score (nSPS) is 20.5. The lowest BCUT2D eigenvalue weighted by atomic mass is 9.97. The number of carbonyl (C=O) groups excluding carboxylic acids is 1. The number of carbonyl (C=O) groups is 1. The van der Waals surface area contributed by atoms with E-state index in [9.17, 15) is 4.79 Å². The number of rotatable bonds is 4. The molecule has 2 aromatic rings. The van der Waals surface area contributed by atoms with Gasteiger partial charge in [0.05, 0.1) is 18.2 Å². The van der Waals surface area contributed by atoms with Crippen LogP contribution in [0.1, 0.15) is 18.4 Å². The SMILES string of the molecule is Cc1nccc(CNC(=O)[C@@H]2CN(c3ccccn3)C[C@H]2C)n1. The monoisotopic (exact) mass is 311 g/mol. The molecular weight excluding hydrogens is 290 g/mol. The molecule has 6 nitrogen and oxygen atoms in total. The first kappa shape index (κ1) is 15.4. The van der Waals surface area contributed by atoms with E-state index in [0.717, 1.165) is 18.1 Å². The highest BCUT2D eigenvalue weighted by Crippen LogP contribution is 2.26. The van der Waals surface area contributed by atoms with Crippen molar-refractivity contribution in [3.05, 3.63) is 48.2 Å². The molecule has 23 heavy (non-hydrogen) atoms. The van der Waals surface area contributed by atoms with Crippen LogP contribution < -0.4 is 10.2 Å². The Kier molecular flexibility index (Phi) is 4.50. The van der Waals surface area contributed by atoms with Crippen molar-refractivity contribution >= 4 is 11.7 Å². The molecule has 0 aromatic carbocycles. The third kappa shape index (κ3) is 3.64. The van der Waals surface area contributed by atoms with Crippen molar-refractivity contribution in [3.63, 3.8) is 0 Å². The molecule has 0 radical (unpaired) electrons. The molecule has 0 saturated carbocycles. The number of aromatic nitrogens is 3. The summed E-state index contributed by atoms with van der Waals surface area (Å²) in [4.78, 5) is 27.4. The minimum atomic E-state index is -0.0278. The summed E-state index contributed by atoms with van der Waals surface area (Å²) in [6.45, 7) is 5.95. The lowest BCUT2D eigenvalue weighted by Gasteiger charge is -2.17. The number of hydrogen-bond donors (Lipinski definition) is 1. The second kappa shape index (κ2) is 6.73. The Labute approximate surface area is 136 Å². The van der Waals surface area contributed by atoms with Gasteiger partial charge in [0.15, 0.2) is 0 Å². The van der Waals surface area contributed by atoms with Crippen molar-refractivity contribution in [1.82, 2.24) is 20.3 Å². The van der Waals surface area contributed by atoms with Crippen LogP contribution in [0.5, 0.6) is 0 Å². The van der Waals surface area contributed by atoms with E-state index < -0.39 is 0 Å². The Morgan fingerprint density at radius 1 is 1.26 bits per heavy atom. The van der Waals surface area contributed by atoms with Gasteiger partial charge < -0.3 is 10.2 Å². The average Bonchev–Trinajstić information content (AvgIpc) is 2.95. The number of nitrogens with zero attached hydrogens (tertiary/aromatic N) is 4. The number of hydrogen-bond acceptors (Lipinski definition) is 5. The quantitative estimate of drug-likeness (QED) is 0.928. The molecule has 1 saturated heterocycles. The van der Waals surface area contributed by atoms with Gasteiger partial charge in [-0.1, -0.05) is 13.0 Å². The number of pyridine rings is 1. The van der Waals surface area contributed by atoms with E-state index in [0.29, 0.717) is 24.8 Å². The summed E-state index contributed by atoms with van der Waals surface area (Å²) in [6.07, 6.45) is 3.50. The highest BCUT2D eigenvalue weighted by molar-refractivity contribution is 5.80. The molecule has 3 rings (SSSR count). The number of nitrogens with one attached hydrogen (secondary N) is 1. The third-order valence-corrected chi connectivity index (χ3v) is 4.20. The van der Waals surface area contributed by atoms with Crippen LogP contribution in [-0.2, 0) is 11.3 Å². The van der Waals surface area contributed by atoms with Crippen LogP contribution in [0, 0.1) is 18.8 Å². The number of amides is 1. The Morgan fingerprint density at radius 3 is 2.87 bits per heavy atom. The molecule has 1 aliphatic heterocycles. The lowest BCUT2D eigenvalue weighted by molar-refractivity contribution is -0.125. The maximum absolute atomic E-state index is 12.5. The van der Waals surface area contributed by atoms with E-state index in [1.807, 2.05) is 31.2 Å². The molecule has 1 amide bonds. The van der Waals surface area contributed by atoms with Crippen molar-refractivity contribution in [2.24, 2.45) is 11.8 Å². The summed E-state index contributed by atoms with van der Waals surface area (Å²) < 4.78 is 0. The van der Waals surface area contributed by atoms with Gasteiger partial charge in [0.25, 0.3) is 0 Å². The zero-order valence-electron chi connectivity index (χ0n) is 13.4. The van der Waals surface area contributed by atoms with Gasteiger partial charge in [-0.05, 0) is 31.0 Å². The zero-order valence-corrected chi connectivity index (χ0v) is 13.4. The minimum absolute atomic E-state index is 0.0278. The molecule has 2 aromatic heterocycles. The fourth-order valence-corrected chi connectivity index (χ4v) is 2.95. The highest BCUT2D eigenvalue weighted by Gasteiger charge is 2.35. The summed E-state index contributed by atoms with van der Waals surface area (Å²) in [7, 11) is 0. The minimum Gasteiger partial charge on any atom is -0.356 e. The zero-order chi connectivity index (χ0) is 16.2. The van der Waals surface area contributed by atoms with Gasteiger partial charge in [0.1, 0.15) is 11.6 Å². The second-order valence-electron chi connectivity index (χ2n) is 5.99. The predicted octanol–water partition coefficient (Wildman–Crippen LogP) is 1.57. The van der Waals surface area contributed by atoms with E-state index in [1.165, 1.54) is 0 Å². The van der Waals surface area contributed by atoms with Gasteiger partial charge in [-0.2, -0.15) is 0 Å². The summed E-state index contributed by atoms with van der Waals surface area (Å²) in [6, 6.07) is 7.68. The van der Waals surface area contributed by atoms with Crippen molar-refractivity contribution in [1.29, 1.82) is 0 Å². The summed E-state index contributed by atoms with van der Waals surface area (Å²) >= 11 is 0. The topological polar surface area (TPSA) is 71.0 Å². The molecule has 0 unspecified atom stereocenters. The molecule has 120 valence electrons. The van der Waals surface area contributed by atoms with Gasteiger partial charge >= 0.3 is 0 Å². The summed E-state index contributed by atoms with van der Waals surface area (Å²) in [5.74, 6) is 1.99. The Morgan fingerprint density at radius 2 is 2.13 bits per heavy atom. The average molecular weight is 311 g/mol. The molecule has 1 fully saturated rings. The van der Waals surface area contributed by atoms with Crippen LogP contribution >= 0.6 is 0 Å². The standard InChI is InChI=1S/C17H21N5O/c1-12-10-22(16-5-3-4-7-19-16)11-15(12)17(23)20-9-14-6-8-18-13(2)21-14/h3-8,12,15H,9-11H2,1-2H3,(H,20,23)/t12-,15-/m1/s1.